The van der Waals surface area contributed by atoms with Gasteiger partial charge in [0.2, 0.25) is 0 Å². The highest BCUT2D eigenvalue weighted by Crippen LogP contribution is 2.38. The molecule has 2 rings (SSSR count). The zero-order valence-corrected chi connectivity index (χ0v) is 11.4. The van der Waals surface area contributed by atoms with Crippen LogP contribution in [0, 0.1) is 11.3 Å². The molecule has 0 saturated carbocycles. The lowest BCUT2D eigenvalue weighted by Crippen LogP contribution is -1.93. The second-order valence-corrected chi connectivity index (χ2v) is 4.80. The molecule has 1 aromatic carbocycles. The van der Waals surface area contributed by atoms with Crippen molar-refractivity contribution >= 4 is 34.8 Å². The van der Waals surface area contributed by atoms with Gasteiger partial charge < -0.3 is 0 Å². The highest BCUT2D eigenvalue weighted by atomic mass is 35.5. The molecule has 0 N–H and O–H groups in total. The Morgan fingerprint density at radius 1 is 1.06 bits per heavy atom. The Morgan fingerprint density at radius 2 is 1.72 bits per heavy atom. The van der Waals surface area contributed by atoms with Crippen LogP contribution in [0.1, 0.15) is 5.56 Å². The van der Waals surface area contributed by atoms with Crippen molar-refractivity contribution in [1.29, 1.82) is 5.26 Å². The van der Waals surface area contributed by atoms with Crippen molar-refractivity contribution < 1.29 is 0 Å². The maximum Gasteiger partial charge on any atom is 0.0670 e. The number of benzene rings is 1. The molecule has 0 bridgehead atoms. The molecule has 90 valence electrons. The van der Waals surface area contributed by atoms with Crippen LogP contribution in [0.5, 0.6) is 0 Å². The van der Waals surface area contributed by atoms with Gasteiger partial charge in [0.1, 0.15) is 0 Å². The molecule has 1 aromatic heterocycles. The summed E-state index contributed by atoms with van der Waals surface area (Å²) in [4.78, 5) is 4.03. The van der Waals surface area contributed by atoms with E-state index in [1.807, 2.05) is 0 Å². The summed E-state index contributed by atoms with van der Waals surface area (Å²) in [6.45, 7) is 0. The normalized spacial score (nSPS) is 10.1. The fourth-order valence-electron chi connectivity index (χ4n) is 1.69. The summed E-state index contributed by atoms with van der Waals surface area (Å²) in [5.74, 6) is 0. The van der Waals surface area contributed by atoms with Gasteiger partial charge in [-0.05, 0) is 17.7 Å². The van der Waals surface area contributed by atoms with Gasteiger partial charge in [-0.3, -0.25) is 4.98 Å². The fraction of sp³-hybridized carbons (Fsp3) is 0.0769. The van der Waals surface area contributed by atoms with Crippen molar-refractivity contribution in [1.82, 2.24) is 4.98 Å². The topological polar surface area (TPSA) is 36.7 Å². The standard InChI is InChI=1S/C13H7Cl3N2/c14-10-2-1-3-11(15)13(10)9-6-18-7-12(16)8(9)4-5-17/h1-3,6-7H,4H2. The molecule has 0 aliphatic rings. The van der Waals surface area contributed by atoms with E-state index < -0.39 is 0 Å². The molecule has 0 spiro atoms. The lowest BCUT2D eigenvalue weighted by molar-refractivity contribution is 1.21. The van der Waals surface area contributed by atoms with E-state index in [-0.39, 0.29) is 6.42 Å². The predicted octanol–water partition coefficient (Wildman–Crippen LogP) is 4.77. The highest BCUT2D eigenvalue weighted by molar-refractivity contribution is 6.39. The van der Waals surface area contributed by atoms with E-state index in [1.54, 1.807) is 24.4 Å². The van der Waals surface area contributed by atoms with E-state index >= 15 is 0 Å². The van der Waals surface area contributed by atoms with Gasteiger partial charge in [-0.25, -0.2) is 0 Å². The van der Waals surface area contributed by atoms with Crippen LogP contribution in [0.2, 0.25) is 15.1 Å². The Morgan fingerprint density at radius 3 is 2.33 bits per heavy atom. The van der Waals surface area contributed by atoms with Crippen LogP contribution in [0.15, 0.2) is 30.6 Å². The molecule has 0 saturated heterocycles. The predicted molar refractivity (Wildman–Crippen MR) is 74.0 cm³/mol. The molecule has 2 nitrogen and oxygen atoms in total. The van der Waals surface area contributed by atoms with E-state index in [9.17, 15) is 0 Å². The summed E-state index contributed by atoms with van der Waals surface area (Å²) in [6.07, 6.45) is 3.30. The molecule has 0 amide bonds. The molecular formula is C13H7Cl3N2. The summed E-state index contributed by atoms with van der Waals surface area (Å²) in [5, 5.41) is 10.3. The van der Waals surface area contributed by atoms with E-state index in [0.29, 0.717) is 31.8 Å². The number of pyridine rings is 1. The lowest BCUT2D eigenvalue weighted by Gasteiger charge is -2.11. The Kier molecular flexibility index (Phi) is 4.08. The third-order valence-electron chi connectivity index (χ3n) is 2.49. The van der Waals surface area contributed by atoms with Crippen molar-refractivity contribution in [2.24, 2.45) is 0 Å². The molecule has 0 unspecified atom stereocenters. The number of halogens is 3. The number of nitriles is 1. The van der Waals surface area contributed by atoms with Crippen molar-refractivity contribution in [3.63, 3.8) is 0 Å². The minimum Gasteiger partial charge on any atom is -0.263 e. The van der Waals surface area contributed by atoms with Crippen LogP contribution in [-0.4, -0.2) is 4.98 Å². The molecule has 0 fully saturated rings. The van der Waals surface area contributed by atoms with Gasteiger partial charge in [-0.2, -0.15) is 5.26 Å². The van der Waals surface area contributed by atoms with E-state index in [1.165, 1.54) is 6.20 Å². The summed E-state index contributed by atoms with van der Waals surface area (Å²) < 4.78 is 0. The SMILES string of the molecule is N#CCc1c(Cl)cncc1-c1c(Cl)cccc1Cl. The Labute approximate surface area is 120 Å². The van der Waals surface area contributed by atoms with Gasteiger partial charge in [0.25, 0.3) is 0 Å². The average Bonchev–Trinajstić information content (AvgIpc) is 2.33. The summed E-state index contributed by atoms with van der Waals surface area (Å²) in [6, 6.07) is 7.31. The third kappa shape index (κ3) is 2.44. The van der Waals surface area contributed by atoms with Gasteiger partial charge in [0.15, 0.2) is 0 Å². The van der Waals surface area contributed by atoms with E-state index in [2.05, 4.69) is 11.1 Å². The second kappa shape index (κ2) is 5.58. The lowest BCUT2D eigenvalue weighted by atomic mass is 10.00. The monoisotopic (exact) mass is 296 g/mol. The highest BCUT2D eigenvalue weighted by Gasteiger charge is 2.15. The van der Waals surface area contributed by atoms with Crippen LogP contribution in [-0.2, 0) is 6.42 Å². The molecule has 1 heterocycles. The first-order valence-corrected chi connectivity index (χ1v) is 6.22. The number of aromatic nitrogens is 1. The first-order chi connectivity index (χ1) is 8.65. The minimum absolute atomic E-state index is 0.179. The van der Waals surface area contributed by atoms with Gasteiger partial charge in [0.05, 0.1) is 17.5 Å². The molecule has 0 aliphatic heterocycles. The first-order valence-electron chi connectivity index (χ1n) is 5.09. The van der Waals surface area contributed by atoms with Gasteiger partial charge >= 0.3 is 0 Å². The number of hydrogen-bond donors (Lipinski definition) is 0. The summed E-state index contributed by atoms with van der Waals surface area (Å²) in [5.41, 5.74) is 2.03. The molecular weight excluding hydrogens is 291 g/mol. The average molecular weight is 298 g/mol. The van der Waals surface area contributed by atoms with E-state index in [4.69, 9.17) is 40.1 Å². The van der Waals surface area contributed by atoms with Crippen LogP contribution < -0.4 is 0 Å². The Bertz CT molecular complexity index is 612. The second-order valence-electron chi connectivity index (χ2n) is 3.58. The first kappa shape index (κ1) is 13.2. The molecule has 0 atom stereocenters. The van der Waals surface area contributed by atoms with Gasteiger partial charge in [0, 0.05) is 33.6 Å². The number of hydrogen-bond acceptors (Lipinski definition) is 2. The number of rotatable bonds is 2. The maximum absolute atomic E-state index is 8.86. The largest absolute Gasteiger partial charge is 0.263 e. The maximum atomic E-state index is 8.86. The molecule has 2 aromatic rings. The zero-order chi connectivity index (χ0) is 13.1. The van der Waals surface area contributed by atoms with Crippen molar-refractivity contribution in [2.45, 2.75) is 6.42 Å². The Hall–Kier alpha value is -1.27. The smallest absolute Gasteiger partial charge is 0.0670 e. The number of nitrogens with zero attached hydrogens (tertiary/aromatic N) is 2. The van der Waals surface area contributed by atoms with Gasteiger partial charge in [-0.15, -0.1) is 0 Å². The van der Waals surface area contributed by atoms with Crippen LogP contribution in [0.25, 0.3) is 11.1 Å². The summed E-state index contributed by atoms with van der Waals surface area (Å²) in [7, 11) is 0. The third-order valence-corrected chi connectivity index (χ3v) is 3.45. The Balaban J connectivity index is 2.72. The molecule has 5 heteroatoms. The van der Waals surface area contributed by atoms with Crippen LogP contribution >= 0.6 is 34.8 Å². The molecule has 0 radical (unpaired) electrons. The van der Waals surface area contributed by atoms with Crippen molar-refractivity contribution in [3.05, 3.63) is 51.2 Å². The quantitative estimate of drug-likeness (QED) is 0.800. The molecule has 18 heavy (non-hydrogen) atoms. The minimum atomic E-state index is 0.179. The summed E-state index contributed by atoms with van der Waals surface area (Å²) >= 11 is 18.4. The zero-order valence-electron chi connectivity index (χ0n) is 9.12. The van der Waals surface area contributed by atoms with Crippen molar-refractivity contribution in [2.75, 3.05) is 0 Å². The van der Waals surface area contributed by atoms with E-state index in [0.717, 1.165) is 0 Å². The molecule has 0 aliphatic carbocycles. The van der Waals surface area contributed by atoms with Crippen molar-refractivity contribution in [3.8, 4) is 17.2 Å². The fourth-order valence-corrected chi connectivity index (χ4v) is 2.52. The van der Waals surface area contributed by atoms with Crippen LogP contribution in [0.3, 0.4) is 0 Å². The van der Waals surface area contributed by atoms with Crippen LogP contribution in [0.4, 0.5) is 0 Å². The van der Waals surface area contributed by atoms with Gasteiger partial charge in [-0.1, -0.05) is 40.9 Å².